The van der Waals surface area contributed by atoms with Gasteiger partial charge in [-0.2, -0.15) is 0 Å². The summed E-state index contributed by atoms with van der Waals surface area (Å²) in [4.78, 5) is 1.71. The molecule has 38 heavy (non-hydrogen) atoms. The van der Waals surface area contributed by atoms with Crippen LogP contribution in [0.5, 0.6) is 0 Å². The van der Waals surface area contributed by atoms with Crippen molar-refractivity contribution >= 4 is 75.4 Å². The van der Waals surface area contributed by atoms with Gasteiger partial charge in [0, 0.05) is 0 Å². The average Bonchev–Trinajstić information content (AvgIpc) is 2.98. The first-order valence-corrected chi connectivity index (χ1v) is 14.0. The van der Waals surface area contributed by atoms with Crippen molar-refractivity contribution in [1.29, 1.82) is 0 Å². The Kier molecular flexibility index (Phi) is 4.67. The van der Waals surface area contributed by atoms with Crippen molar-refractivity contribution < 1.29 is 4.21 Å². The van der Waals surface area contributed by atoms with Gasteiger partial charge in [0.1, 0.15) is 0 Å². The molecule has 8 aromatic rings. The molecule has 0 aliphatic heterocycles. The molecule has 0 bridgehead atoms. The molecule has 8 rings (SSSR count). The zero-order valence-electron chi connectivity index (χ0n) is 20.5. The number of rotatable bonds is 2. The first-order valence-electron chi connectivity index (χ1n) is 12.8. The summed E-state index contributed by atoms with van der Waals surface area (Å²) >= 11 is 0. The Balaban J connectivity index is 1.44. The molecule has 0 atom stereocenters. The molecule has 0 aromatic heterocycles. The van der Waals surface area contributed by atoms with Crippen LogP contribution in [0.2, 0.25) is 0 Å². The lowest BCUT2D eigenvalue weighted by molar-refractivity contribution is 0.684. The number of hydrogen-bond donors (Lipinski definition) is 0. The van der Waals surface area contributed by atoms with E-state index >= 15 is 0 Å². The zero-order valence-corrected chi connectivity index (χ0v) is 21.3. The topological polar surface area (TPSA) is 17.1 Å². The molecule has 178 valence electrons. The molecule has 0 heterocycles. The molecule has 0 amide bonds. The lowest BCUT2D eigenvalue weighted by atomic mass is 9.98. The van der Waals surface area contributed by atoms with Gasteiger partial charge in [-0.25, -0.2) is 4.21 Å². The summed E-state index contributed by atoms with van der Waals surface area (Å²) in [5, 5.41) is 13.8. The summed E-state index contributed by atoms with van der Waals surface area (Å²) in [6.45, 7) is 0. The minimum absolute atomic E-state index is 0.855. The van der Waals surface area contributed by atoms with Gasteiger partial charge in [-0.1, -0.05) is 97.1 Å². The summed E-state index contributed by atoms with van der Waals surface area (Å²) in [7, 11) is -1.38. The van der Waals surface area contributed by atoms with Crippen LogP contribution < -0.4 is 0 Å². The van der Waals surface area contributed by atoms with Gasteiger partial charge in [0.25, 0.3) is 0 Å². The van der Waals surface area contributed by atoms with Crippen LogP contribution in [0.15, 0.2) is 143 Å². The largest absolute Gasteiger partial charge is 0.249 e. The predicted octanol–water partition coefficient (Wildman–Crippen LogP) is 9.77. The Morgan fingerprint density at radius 2 is 0.658 bits per heavy atom. The van der Waals surface area contributed by atoms with Crippen molar-refractivity contribution in [3.05, 3.63) is 133 Å². The van der Waals surface area contributed by atoms with Crippen LogP contribution >= 0.6 is 0 Å². The summed E-state index contributed by atoms with van der Waals surface area (Å²) < 4.78 is 14.6. The van der Waals surface area contributed by atoms with E-state index < -0.39 is 10.8 Å². The van der Waals surface area contributed by atoms with E-state index in [2.05, 4.69) is 121 Å². The molecule has 0 spiro atoms. The van der Waals surface area contributed by atoms with Crippen molar-refractivity contribution in [3.63, 3.8) is 0 Å². The minimum Gasteiger partial charge on any atom is -0.249 e. The van der Waals surface area contributed by atoms with Gasteiger partial charge in [-0.05, 0) is 101 Å². The van der Waals surface area contributed by atoms with Gasteiger partial charge in [0.05, 0.1) is 20.6 Å². The fourth-order valence-electron chi connectivity index (χ4n) is 5.95. The van der Waals surface area contributed by atoms with E-state index in [4.69, 9.17) is 0 Å². The number of benzene rings is 8. The molecular formula is C36H22OS. The minimum atomic E-state index is -1.38. The van der Waals surface area contributed by atoms with E-state index in [0.717, 1.165) is 42.1 Å². The Morgan fingerprint density at radius 1 is 0.316 bits per heavy atom. The Hall–Kier alpha value is -4.53. The van der Waals surface area contributed by atoms with Gasteiger partial charge in [0.2, 0.25) is 0 Å². The third kappa shape index (κ3) is 3.21. The lowest BCUT2D eigenvalue weighted by Crippen LogP contribution is -1.97. The van der Waals surface area contributed by atoms with E-state index in [1.54, 1.807) is 0 Å². The van der Waals surface area contributed by atoms with Crippen molar-refractivity contribution in [3.8, 4) is 0 Å². The van der Waals surface area contributed by atoms with E-state index in [9.17, 15) is 4.21 Å². The Morgan fingerprint density at radius 3 is 1.08 bits per heavy atom. The maximum atomic E-state index is 14.6. The Bertz CT molecular complexity index is 2100. The highest BCUT2D eigenvalue weighted by molar-refractivity contribution is 7.85. The van der Waals surface area contributed by atoms with E-state index in [1.165, 1.54) is 32.3 Å². The highest BCUT2D eigenvalue weighted by atomic mass is 32.2. The third-order valence-corrected chi connectivity index (χ3v) is 9.25. The highest BCUT2D eigenvalue weighted by Gasteiger charge is 2.18. The molecule has 0 unspecified atom stereocenters. The summed E-state index contributed by atoms with van der Waals surface area (Å²) in [5.74, 6) is 0. The predicted molar refractivity (Wildman–Crippen MR) is 163 cm³/mol. The standard InChI is InChI=1S/C36H22OS/c37-38(35-21-27-17-23-9-1-3-11-25(23)19-33(27)29-13-5-7-15-31(29)35)36-22-28-18-24-10-2-4-12-26(24)20-34(28)30-14-6-8-16-32(30)36/h1-22H. The molecule has 0 N–H and O–H groups in total. The zero-order chi connectivity index (χ0) is 25.2. The van der Waals surface area contributed by atoms with Crippen molar-refractivity contribution in [2.24, 2.45) is 0 Å². The Labute approximate surface area is 222 Å². The third-order valence-electron chi connectivity index (χ3n) is 7.77. The van der Waals surface area contributed by atoms with Crippen molar-refractivity contribution in [2.45, 2.75) is 9.79 Å². The first kappa shape index (κ1) is 21.5. The molecule has 0 aliphatic rings. The molecule has 1 nitrogen and oxygen atoms in total. The molecule has 8 aromatic carbocycles. The molecule has 0 saturated heterocycles. The molecular weight excluding hydrogens is 480 g/mol. The quantitative estimate of drug-likeness (QED) is 0.170. The molecule has 0 aliphatic carbocycles. The van der Waals surface area contributed by atoms with Gasteiger partial charge < -0.3 is 0 Å². The van der Waals surface area contributed by atoms with Crippen LogP contribution in [-0.4, -0.2) is 4.21 Å². The van der Waals surface area contributed by atoms with Crippen LogP contribution in [0.3, 0.4) is 0 Å². The molecule has 2 heteroatoms. The molecule has 0 saturated carbocycles. The van der Waals surface area contributed by atoms with Gasteiger partial charge in [-0.15, -0.1) is 0 Å². The first-order chi connectivity index (χ1) is 18.7. The van der Waals surface area contributed by atoms with Gasteiger partial charge in [0.15, 0.2) is 0 Å². The fourth-order valence-corrected chi connectivity index (χ4v) is 7.41. The summed E-state index contributed by atoms with van der Waals surface area (Å²) in [6, 6.07) is 46.9. The summed E-state index contributed by atoms with van der Waals surface area (Å²) in [6.07, 6.45) is 0. The van der Waals surface area contributed by atoms with Gasteiger partial charge >= 0.3 is 0 Å². The van der Waals surface area contributed by atoms with Crippen LogP contribution in [0.4, 0.5) is 0 Å². The molecule has 0 fully saturated rings. The van der Waals surface area contributed by atoms with Crippen LogP contribution in [0, 0.1) is 0 Å². The van der Waals surface area contributed by atoms with Crippen molar-refractivity contribution in [2.75, 3.05) is 0 Å². The summed E-state index contributed by atoms with van der Waals surface area (Å²) in [5.41, 5.74) is 0. The number of hydrogen-bond acceptors (Lipinski definition) is 1. The SMILES string of the molecule is O=S(c1cc2cc3ccccc3cc2c2ccccc12)c1cc2cc3ccccc3cc2c2ccccc12. The maximum absolute atomic E-state index is 14.6. The normalized spacial score (nSPS) is 12.0. The van der Waals surface area contributed by atoms with Gasteiger partial charge in [-0.3, -0.25) is 0 Å². The average molecular weight is 503 g/mol. The molecule has 0 radical (unpaired) electrons. The van der Waals surface area contributed by atoms with E-state index in [0.29, 0.717) is 0 Å². The van der Waals surface area contributed by atoms with Crippen LogP contribution in [0.25, 0.3) is 64.6 Å². The second kappa shape index (κ2) is 8.24. The van der Waals surface area contributed by atoms with E-state index in [1.807, 2.05) is 12.1 Å². The van der Waals surface area contributed by atoms with Crippen LogP contribution in [-0.2, 0) is 10.8 Å². The number of fused-ring (bicyclic) bond motifs is 8. The smallest absolute Gasteiger partial charge is 0.0862 e. The fraction of sp³-hybridized carbons (Fsp3) is 0. The monoisotopic (exact) mass is 502 g/mol. The lowest BCUT2D eigenvalue weighted by Gasteiger charge is -2.15. The van der Waals surface area contributed by atoms with Crippen molar-refractivity contribution in [1.82, 2.24) is 0 Å². The van der Waals surface area contributed by atoms with Crippen LogP contribution in [0.1, 0.15) is 0 Å². The maximum Gasteiger partial charge on any atom is 0.0862 e. The second-order valence-electron chi connectivity index (χ2n) is 9.95. The second-order valence-corrected chi connectivity index (χ2v) is 11.4. The highest BCUT2D eigenvalue weighted by Crippen LogP contribution is 2.38. The van der Waals surface area contributed by atoms with E-state index in [-0.39, 0.29) is 0 Å².